The average molecular weight is 1390 g/mol. The SMILES string of the molecule is CCCCCCC/C=C\C/C=C\CCCCCCCCCCCCCCCCCCCCCCCCCCCCCCCC(=O)OC(COC(=O)CCCCCCCCCCCCCCCCCCCCCCCCCCCCCCCCCC)COP(=O)([O-])OCC[N+](C)(C)C. The second-order valence-electron chi connectivity index (χ2n) is 31.3. The van der Waals surface area contributed by atoms with Crippen molar-refractivity contribution < 1.29 is 42.1 Å². The molecule has 0 aromatic carbocycles. The Hall–Kier alpha value is -1.51. The van der Waals surface area contributed by atoms with E-state index in [0.717, 1.165) is 38.5 Å². The molecule has 0 saturated heterocycles. The summed E-state index contributed by atoms with van der Waals surface area (Å²) >= 11 is 0. The van der Waals surface area contributed by atoms with Crippen LogP contribution in [0, 0.1) is 0 Å². The maximum Gasteiger partial charge on any atom is 0.306 e. The van der Waals surface area contributed by atoms with Crippen LogP contribution in [-0.2, 0) is 32.7 Å². The van der Waals surface area contributed by atoms with Crippen LogP contribution in [0.25, 0.3) is 0 Å². The summed E-state index contributed by atoms with van der Waals surface area (Å²) in [4.78, 5) is 38.2. The molecular weight excluding hydrogens is 1220 g/mol. The number of carbonyl (C=O) groups excluding carboxylic acids is 2. The highest BCUT2D eigenvalue weighted by Crippen LogP contribution is 2.38. The summed E-state index contributed by atoms with van der Waals surface area (Å²) in [6.45, 7) is 4.33. The Morgan fingerprint density at radius 1 is 0.320 bits per heavy atom. The van der Waals surface area contributed by atoms with Crippen molar-refractivity contribution in [2.75, 3.05) is 47.5 Å². The molecule has 0 spiro atoms. The highest BCUT2D eigenvalue weighted by atomic mass is 31.2. The number of ether oxygens (including phenoxy) is 2. The molecule has 0 heterocycles. The summed E-state index contributed by atoms with van der Waals surface area (Å²) in [5, 5.41) is 0. The summed E-state index contributed by atoms with van der Waals surface area (Å²) in [5.74, 6) is -0.801. The van der Waals surface area contributed by atoms with Crippen LogP contribution in [0.5, 0.6) is 0 Å². The molecule has 2 unspecified atom stereocenters. The van der Waals surface area contributed by atoms with Gasteiger partial charge in [-0.3, -0.25) is 14.2 Å². The fourth-order valence-electron chi connectivity index (χ4n) is 13.6. The van der Waals surface area contributed by atoms with Crippen molar-refractivity contribution >= 4 is 19.8 Å². The number of likely N-dealkylation sites (N-methyl/N-ethyl adjacent to an activating group) is 1. The van der Waals surface area contributed by atoms with Crippen LogP contribution in [0.4, 0.5) is 0 Å². The van der Waals surface area contributed by atoms with Crippen LogP contribution >= 0.6 is 7.82 Å². The van der Waals surface area contributed by atoms with E-state index in [0.29, 0.717) is 17.4 Å². The molecule has 576 valence electrons. The molecule has 0 aromatic heterocycles. The first-order valence-corrected chi connectivity index (χ1v) is 45.0. The third-order valence-electron chi connectivity index (χ3n) is 20.2. The summed E-state index contributed by atoms with van der Waals surface area (Å²) in [6.07, 6.45) is 102. The molecule has 0 aliphatic rings. The first-order chi connectivity index (χ1) is 47.5. The smallest absolute Gasteiger partial charge is 0.306 e. The molecule has 10 heteroatoms. The third-order valence-corrected chi connectivity index (χ3v) is 21.2. The summed E-state index contributed by atoms with van der Waals surface area (Å²) in [7, 11) is 1.20. The Morgan fingerprint density at radius 2 is 0.557 bits per heavy atom. The number of nitrogens with zero attached hydrogens (tertiary/aromatic N) is 1. The fraction of sp³-hybridized carbons (Fsp3) is 0.931. The van der Waals surface area contributed by atoms with Gasteiger partial charge >= 0.3 is 11.9 Å². The van der Waals surface area contributed by atoms with Gasteiger partial charge in [0.15, 0.2) is 6.10 Å². The molecule has 0 bridgehead atoms. The Balaban J connectivity index is 3.84. The van der Waals surface area contributed by atoms with E-state index in [9.17, 15) is 19.0 Å². The second kappa shape index (κ2) is 78.6. The number of hydrogen-bond donors (Lipinski definition) is 0. The predicted molar refractivity (Wildman–Crippen MR) is 421 cm³/mol. The van der Waals surface area contributed by atoms with Gasteiger partial charge in [-0.25, -0.2) is 0 Å². The number of phosphoric acid groups is 1. The number of rotatable bonds is 83. The minimum absolute atomic E-state index is 0.0257. The Bertz CT molecular complexity index is 1680. The largest absolute Gasteiger partial charge is 0.756 e. The number of quaternary nitrogens is 1. The van der Waals surface area contributed by atoms with E-state index in [2.05, 4.69) is 38.2 Å². The number of allylic oxidation sites excluding steroid dienone is 4. The zero-order valence-electron chi connectivity index (χ0n) is 66.1. The monoisotopic (exact) mass is 1390 g/mol. The number of hydrogen-bond acceptors (Lipinski definition) is 8. The highest BCUT2D eigenvalue weighted by molar-refractivity contribution is 7.45. The van der Waals surface area contributed by atoms with Crippen LogP contribution in [0.2, 0.25) is 0 Å². The molecule has 0 amide bonds. The maximum absolute atomic E-state index is 12.9. The molecule has 0 aliphatic carbocycles. The fourth-order valence-corrected chi connectivity index (χ4v) is 14.3. The van der Waals surface area contributed by atoms with Crippen molar-refractivity contribution in [1.29, 1.82) is 0 Å². The minimum atomic E-state index is -4.64. The lowest BCUT2D eigenvalue weighted by Gasteiger charge is -2.28. The van der Waals surface area contributed by atoms with Crippen LogP contribution in [0.15, 0.2) is 24.3 Å². The van der Waals surface area contributed by atoms with E-state index < -0.39 is 26.5 Å². The number of esters is 2. The molecule has 97 heavy (non-hydrogen) atoms. The Labute approximate surface area is 606 Å². The molecule has 0 rings (SSSR count). The lowest BCUT2D eigenvalue weighted by molar-refractivity contribution is -0.870. The summed E-state index contributed by atoms with van der Waals surface area (Å²) < 4.78 is 34.5. The molecule has 0 radical (unpaired) electrons. The normalized spacial score (nSPS) is 13.0. The average Bonchev–Trinajstić information content (AvgIpc) is 1.69. The van der Waals surface area contributed by atoms with E-state index in [-0.39, 0.29) is 32.0 Å². The standard InChI is InChI=1S/C87H170NO8P/c1-6-8-10-12-14-16-18-20-22-24-26-28-30-32-34-36-38-40-41-42-43-44-45-46-47-48-50-52-54-56-58-60-62-64-66-68-70-72-74-76-78-80-87(90)96-85(84-95-97(91,92)94-82-81-88(3,4)5)83-93-86(89)79-77-75-73-71-69-67-65-63-61-59-57-55-53-51-49-39-37-35-33-31-29-27-25-23-21-19-17-15-13-11-9-7-2/h18,20,24,26,85H,6-17,19,21-23,25,27-84H2,1-5H3/b20-18-,26-24-. The van der Waals surface area contributed by atoms with Crippen molar-refractivity contribution in [2.45, 2.75) is 476 Å². The molecule has 0 saturated carbocycles. The first kappa shape index (κ1) is 95.5. The van der Waals surface area contributed by atoms with Crippen molar-refractivity contribution in [3.05, 3.63) is 24.3 Å². The third kappa shape index (κ3) is 83.3. The van der Waals surface area contributed by atoms with Crippen LogP contribution in [0.1, 0.15) is 470 Å². The Kier molecular flexibility index (Phi) is 77.4. The van der Waals surface area contributed by atoms with E-state index in [1.165, 1.54) is 398 Å². The molecular formula is C87H170NO8P. The van der Waals surface area contributed by atoms with Gasteiger partial charge in [0.2, 0.25) is 0 Å². The molecule has 9 nitrogen and oxygen atoms in total. The van der Waals surface area contributed by atoms with E-state index in [1.54, 1.807) is 0 Å². The van der Waals surface area contributed by atoms with Crippen LogP contribution in [0.3, 0.4) is 0 Å². The van der Waals surface area contributed by atoms with Gasteiger partial charge in [-0.2, -0.15) is 0 Å². The summed E-state index contributed by atoms with van der Waals surface area (Å²) in [5.41, 5.74) is 0. The van der Waals surface area contributed by atoms with Gasteiger partial charge in [0.05, 0.1) is 27.7 Å². The van der Waals surface area contributed by atoms with Crippen LogP contribution < -0.4 is 4.89 Å². The van der Waals surface area contributed by atoms with Crippen molar-refractivity contribution in [3.8, 4) is 0 Å². The highest BCUT2D eigenvalue weighted by Gasteiger charge is 2.22. The minimum Gasteiger partial charge on any atom is -0.756 e. The zero-order chi connectivity index (χ0) is 70.4. The van der Waals surface area contributed by atoms with Crippen LogP contribution in [-0.4, -0.2) is 70.0 Å². The first-order valence-electron chi connectivity index (χ1n) is 43.5. The molecule has 0 aliphatic heterocycles. The van der Waals surface area contributed by atoms with Gasteiger partial charge in [0.1, 0.15) is 19.8 Å². The van der Waals surface area contributed by atoms with Crippen molar-refractivity contribution in [3.63, 3.8) is 0 Å². The maximum atomic E-state index is 12.9. The quantitative estimate of drug-likeness (QED) is 0.0195. The van der Waals surface area contributed by atoms with E-state index in [1.807, 2.05) is 21.1 Å². The molecule has 0 N–H and O–H groups in total. The lowest BCUT2D eigenvalue weighted by atomic mass is 10.0. The van der Waals surface area contributed by atoms with E-state index in [4.69, 9.17) is 18.5 Å². The van der Waals surface area contributed by atoms with Gasteiger partial charge < -0.3 is 27.9 Å². The van der Waals surface area contributed by atoms with Gasteiger partial charge in [0.25, 0.3) is 7.82 Å². The van der Waals surface area contributed by atoms with Gasteiger partial charge in [0, 0.05) is 12.8 Å². The zero-order valence-corrected chi connectivity index (χ0v) is 67.0. The molecule has 0 aromatic rings. The topological polar surface area (TPSA) is 111 Å². The van der Waals surface area contributed by atoms with Gasteiger partial charge in [-0.05, 0) is 44.9 Å². The van der Waals surface area contributed by atoms with Crippen molar-refractivity contribution in [2.24, 2.45) is 0 Å². The predicted octanol–water partition coefficient (Wildman–Crippen LogP) is 28.5. The summed E-state index contributed by atoms with van der Waals surface area (Å²) in [6, 6.07) is 0. The number of phosphoric ester groups is 1. The van der Waals surface area contributed by atoms with Gasteiger partial charge in [-0.15, -0.1) is 0 Å². The number of unbranched alkanes of at least 4 members (excludes halogenated alkanes) is 65. The molecule has 2 atom stereocenters. The second-order valence-corrected chi connectivity index (χ2v) is 32.7. The molecule has 0 fully saturated rings. The van der Waals surface area contributed by atoms with E-state index >= 15 is 0 Å². The number of carbonyl (C=O) groups is 2. The van der Waals surface area contributed by atoms with Gasteiger partial charge in [-0.1, -0.05) is 436 Å². The van der Waals surface area contributed by atoms with Crippen molar-refractivity contribution in [1.82, 2.24) is 0 Å². The lowest BCUT2D eigenvalue weighted by Crippen LogP contribution is -2.37. The Morgan fingerprint density at radius 3 is 0.814 bits per heavy atom.